The highest BCUT2D eigenvalue weighted by Gasteiger charge is 2.07. The van der Waals surface area contributed by atoms with Crippen molar-refractivity contribution in [1.29, 1.82) is 0 Å². The van der Waals surface area contributed by atoms with Crippen LogP contribution < -0.4 is 5.32 Å². The van der Waals surface area contributed by atoms with Gasteiger partial charge < -0.3 is 5.32 Å². The van der Waals surface area contributed by atoms with E-state index in [-0.39, 0.29) is 0 Å². The van der Waals surface area contributed by atoms with Crippen LogP contribution in [-0.4, -0.2) is 8.75 Å². The van der Waals surface area contributed by atoms with Crippen LogP contribution in [0.4, 0.5) is 11.5 Å². The van der Waals surface area contributed by atoms with E-state index in [9.17, 15) is 0 Å². The summed E-state index contributed by atoms with van der Waals surface area (Å²) in [7, 11) is 0. The molecule has 0 atom stereocenters. The fraction of sp³-hybridized carbons (Fsp3) is 0. The van der Waals surface area contributed by atoms with Crippen molar-refractivity contribution in [2.75, 3.05) is 5.32 Å². The standard InChI is InChI=1S/C8H4Cl3N3S/c9-4-1-2-6(5(10)3-4)12-8-7(11)13-15-14-8/h1-3H,(H,12,14). The highest BCUT2D eigenvalue weighted by molar-refractivity contribution is 6.99. The maximum atomic E-state index is 5.96. The molecule has 0 aliphatic carbocycles. The van der Waals surface area contributed by atoms with Gasteiger partial charge in [-0.25, -0.2) is 0 Å². The number of anilines is 2. The predicted molar refractivity (Wildman–Crippen MR) is 64.7 cm³/mol. The largest absolute Gasteiger partial charge is 0.336 e. The van der Waals surface area contributed by atoms with Gasteiger partial charge in [0.15, 0.2) is 11.0 Å². The molecule has 0 aliphatic heterocycles. The lowest BCUT2D eigenvalue weighted by Crippen LogP contribution is -1.91. The Hall–Kier alpha value is -0.550. The summed E-state index contributed by atoms with van der Waals surface area (Å²) in [6, 6.07) is 5.11. The fourth-order valence-electron chi connectivity index (χ4n) is 0.971. The molecule has 7 heteroatoms. The molecule has 0 saturated heterocycles. The molecule has 2 aromatic rings. The normalized spacial score (nSPS) is 10.3. The van der Waals surface area contributed by atoms with Crippen LogP contribution in [0, 0.1) is 0 Å². The summed E-state index contributed by atoms with van der Waals surface area (Å²) in [6.07, 6.45) is 0. The van der Waals surface area contributed by atoms with Crippen LogP contribution >= 0.6 is 46.5 Å². The lowest BCUT2D eigenvalue weighted by Gasteiger charge is -2.05. The second kappa shape index (κ2) is 4.53. The van der Waals surface area contributed by atoms with E-state index in [1.165, 1.54) is 0 Å². The average molecular weight is 281 g/mol. The van der Waals surface area contributed by atoms with Crippen molar-refractivity contribution in [2.24, 2.45) is 0 Å². The molecule has 1 aromatic heterocycles. The first-order valence-corrected chi connectivity index (χ1v) is 5.73. The SMILES string of the molecule is Clc1ccc(Nc2nsnc2Cl)c(Cl)c1. The van der Waals surface area contributed by atoms with Gasteiger partial charge in [-0.15, -0.1) is 0 Å². The van der Waals surface area contributed by atoms with Gasteiger partial charge in [0.2, 0.25) is 0 Å². The van der Waals surface area contributed by atoms with E-state index >= 15 is 0 Å². The van der Waals surface area contributed by atoms with E-state index in [1.54, 1.807) is 18.2 Å². The Labute approximate surface area is 105 Å². The highest BCUT2D eigenvalue weighted by atomic mass is 35.5. The van der Waals surface area contributed by atoms with Gasteiger partial charge >= 0.3 is 0 Å². The number of aromatic nitrogens is 2. The topological polar surface area (TPSA) is 37.8 Å². The molecular formula is C8H4Cl3N3S. The van der Waals surface area contributed by atoms with Crippen molar-refractivity contribution in [1.82, 2.24) is 8.75 Å². The molecule has 15 heavy (non-hydrogen) atoms. The predicted octanol–water partition coefficient (Wildman–Crippen LogP) is 4.24. The van der Waals surface area contributed by atoms with Crippen LogP contribution in [0.3, 0.4) is 0 Å². The summed E-state index contributed by atoms with van der Waals surface area (Å²) in [6.45, 7) is 0. The number of rotatable bonds is 2. The molecule has 0 unspecified atom stereocenters. The summed E-state index contributed by atoms with van der Waals surface area (Å²) in [4.78, 5) is 0. The molecule has 0 fully saturated rings. The lowest BCUT2D eigenvalue weighted by molar-refractivity contribution is 1.45. The van der Waals surface area contributed by atoms with Crippen molar-refractivity contribution in [2.45, 2.75) is 0 Å². The number of benzene rings is 1. The van der Waals surface area contributed by atoms with Gasteiger partial charge in [0.25, 0.3) is 0 Å². The first-order chi connectivity index (χ1) is 7.16. The quantitative estimate of drug-likeness (QED) is 0.894. The Morgan fingerprint density at radius 1 is 1.13 bits per heavy atom. The van der Waals surface area contributed by atoms with Gasteiger partial charge in [0, 0.05) is 5.02 Å². The van der Waals surface area contributed by atoms with Crippen molar-refractivity contribution >= 4 is 58.0 Å². The Morgan fingerprint density at radius 2 is 1.93 bits per heavy atom. The zero-order valence-corrected chi connectivity index (χ0v) is 10.3. The Balaban J connectivity index is 2.29. The summed E-state index contributed by atoms with van der Waals surface area (Å²) < 4.78 is 7.79. The van der Waals surface area contributed by atoms with E-state index < -0.39 is 0 Å². The van der Waals surface area contributed by atoms with Crippen LogP contribution in [0.2, 0.25) is 15.2 Å². The Morgan fingerprint density at radius 3 is 2.53 bits per heavy atom. The summed E-state index contributed by atoms with van der Waals surface area (Å²) in [5.41, 5.74) is 0.690. The second-order valence-electron chi connectivity index (χ2n) is 2.65. The third-order valence-electron chi connectivity index (χ3n) is 1.63. The van der Waals surface area contributed by atoms with Crippen molar-refractivity contribution in [3.8, 4) is 0 Å². The minimum atomic E-state index is 0.325. The van der Waals surface area contributed by atoms with E-state index in [0.717, 1.165) is 11.7 Å². The van der Waals surface area contributed by atoms with Crippen LogP contribution in [0.1, 0.15) is 0 Å². The van der Waals surface area contributed by atoms with Crippen LogP contribution in [-0.2, 0) is 0 Å². The van der Waals surface area contributed by atoms with Crippen molar-refractivity contribution < 1.29 is 0 Å². The second-order valence-corrected chi connectivity index (χ2v) is 4.38. The highest BCUT2D eigenvalue weighted by Crippen LogP contribution is 2.30. The summed E-state index contributed by atoms with van der Waals surface area (Å²) in [5.74, 6) is 0.492. The summed E-state index contributed by atoms with van der Waals surface area (Å²) in [5, 5.41) is 4.37. The smallest absolute Gasteiger partial charge is 0.187 e. The lowest BCUT2D eigenvalue weighted by atomic mass is 10.3. The number of nitrogens with one attached hydrogen (secondary N) is 1. The van der Waals surface area contributed by atoms with E-state index in [4.69, 9.17) is 34.8 Å². The van der Waals surface area contributed by atoms with Crippen LogP contribution in [0.25, 0.3) is 0 Å². The molecule has 0 spiro atoms. The molecule has 0 aliphatic rings. The molecule has 0 radical (unpaired) electrons. The van der Waals surface area contributed by atoms with Crippen LogP contribution in [0.15, 0.2) is 18.2 Å². The molecular weight excluding hydrogens is 277 g/mol. The zero-order valence-electron chi connectivity index (χ0n) is 7.17. The van der Waals surface area contributed by atoms with Gasteiger partial charge in [-0.1, -0.05) is 34.8 Å². The molecule has 78 valence electrons. The molecule has 3 nitrogen and oxygen atoms in total. The molecule has 0 bridgehead atoms. The van der Waals surface area contributed by atoms with Crippen molar-refractivity contribution in [3.05, 3.63) is 33.4 Å². The molecule has 1 N–H and O–H groups in total. The maximum Gasteiger partial charge on any atom is 0.187 e. The van der Waals surface area contributed by atoms with Gasteiger partial charge in [0.05, 0.1) is 22.4 Å². The average Bonchev–Trinajstić information content (AvgIpc) is 2.57. The number of hydrogen-bond donors (Lipinski definition) is 1. The van der Waals surface area contributed by atoms with Gasteiger partial charge in [-0.3, -0.25) is 0 Å². The van der Waals surface area contributed by atoms with E-state index in [1.807, 2.05) is 0 Å². The van der Waals surface area contributed by atoms with Crippen molar-refractivity contribution in [3.63, 3.8) is 0 Å². The van der Waals surface area contributed by atoms with Gasteiger partial charge in [-0.05, 0) is 18.2 Å². The molecule has 1 heterocycles. The third-order valence-corrected chi connectivity index (χ3v) is 3.07. The molecule has 2 rings (SSSR count). The number of hydrogen-bond acceptors (Lipinski definition) is 4. The minimum absolute atomic E-state index is 0.325. The fourth-order valence-corrected chi connectivity index (χ4v) is 2.07. The minimum Gasteiger partial charge on any atom is -0.336 e. The number of nitrogens with zero attached hydrogens (tertiary/aromatic N) is 2. The maximum absolute atomic E-state index is 5.96. The Bertz CT molecular complexity index is 486. The molecule has 0 saturated carbocycles. The van der Waals surface area contributed by atoms with Gasteiger partial charge in [0.1, 0.15) is 0 Å². The van der Waals surface area contributed by atoms with E-state index in [2.05, 4.69) is 14.1 Å². The first kappa shape index (κ1) is 11.0. The molecule has 1 aromatic carbocycles. The Kier molecular flexibility index (Phi) is 3.31. The molecule has 0 amide bonds. The zero-order chi connectivity index (χ0) is 10.8. The van der Waals surface area contributed by atoms with Crippen LogP contribution in [0.5, 0.6) is 0 Å². The number of halogens is 3. The van der Waals surface area contributed by atoms with E-state index in [0.29, 0.717) is 26.7 Å². The van der Waals surface area contributed by atoms with Gasteiger partial charge in [-0.2, -0.15) is 8.75 Å². The first-order valence-electron chi connectivity index (χ1n) is 3.87. The third kappa shape index (κ3) is 2.52. The monoisotopic (exact) mass is 279 g/mol. The summed E-state index contributed by atoms with van der Waals surface area (Å²) >= 11 is 18.5.